The molecule has 1 saturated heterocycles. The number of carbonyl (C=O) groups excluding carboxylic acids is 4. The number of rotatable bonds is 1. The van der Waals surface area contributed by atoms with Crippen molar-refractivity contribution in [3.63, 3.8) is 0 Å². The van der Waals surface area contributed by atoms with Gasteiger partial charge >= 0.3 is 5.97 Å². The van der Waals surface area contributed by atoms with Crippen LogP contribution in [0.15, 0.2) is 23.3 Å². The molecule has 3 fully saturated rings. The van der Waals surface area contributed by atoms with E-state index in [9.17, 15) is 49.8 Å². The van der Waals surface area contributed by atoms with Gasteiger partial charge in [-0.05, 0) is 37.5 Å². The first-order valence-corrected chi connectivity index (χ1v) is 14.3. The van der Waals surface area contributed by atoms with Crippen molar-refractivity contribution in [1.29, 1.82) is 0 Å². The Kier molecular flexibility index (Phi) is 5.06. The lowest BCUT2D eigenvalue weighted by atomic mass is 9.56. The monoisotopic (exact) mass is 638 g/mol. The minimum absolute atomic E-state index is 0.0320. The minimum Gasteiger partial charge on any atom is -0.507 e. The molecule has 232 valence electrons. The molecule has 6 atom stereocenters. The van der Waals surface area contributed by atoms with Gasteiger partial charge in [-0.2, -0.15) is 0 Å². The number of methoxy groups -OCH3 is 1. The molecule has 2 aliphatic heterocycles. The number of phenols is 3. The van der Waals surface area contributed by atoms with E-state index in [1.165, 1.54) is 6.92 Å². The SMILES string of the molecule is COC(=O)[C@@]12Oc3c(c(O)c(Cl)c4c3[C@@H]3C(=O)C5=C(O)c6c(O)ccc(O)c6C(=O)[C@@]5(C4)[C@H]4O[C@]43C)C(O)=C1C(=O)CC[C@H]2O. The van der Waals surface area contributed by atoms with Gasteiger partial charge in [0.2, 0.25) is 0 Å². The summed E-state index contributed by atoms with van der Waals surface area (Å²) in [4.78, 5) is 55.5. The van der Waals surface area contributed by atoms with E-state index in [-0.39, 0.29) is 24.0 Å². The van der Waals surface area contributed by atoms with Crippen molar-refractivity contribution in [1.82, 2.24) is 0 Å². The van der Waals surface area contributed by atoms with Gasteiger partial charge in [0.25, 0.3) is 5.60 Å². The van der Waals surface area contributed by atoms with Gasteiger partial charge in [0.1, 0.15) is 57.9 Å². The fourth-order valence-corrected chi connectivity index (χ4v) is 8.63. The first kappa shape index (κ1) is 27.9. The van der Waals surface area contributed by atoms with Crippen LogP contribution in [0.2, 0.25) is 5.02 Å². The second kappa shape index (κ2) is 8.16. The van der Waals surface area contributed by atoms with Gasteiger partial charge in [-0.15, -0.1) is 0 Å². The smallest absolute Gasteiger partial charge is 0.358 e. The summed E-state index contributed by atoms with van der Waals surface area (Å²) in [6.07, 6.45) is -3.82. The van der Waals surface area contributed by atoms with Gasteiger partial charge in [-0.1, -0.05) is 11.6 Å². The fourth-order valence-electron chi connectivity index (χ4n) is 8.37. The molecule has 0 aromatic heterocycles. The van der Waals surface area contributed by atoms with Crippen LogP contribution in [0.1, 0.15) is 58.3 Å². The molecule has 1 spiro atoms. The highest BCUT2D eigenvalue weighted by Crippen LogP contribution is 2.72. The van der Waals surface area contributed by atoms with Crippen LogP contribution in [0, 0.1) is 5.41 Å². The zero-order valence-corrected chi connectivity index (χ0v) is 24.2. The Morgan fingerprint density at radius 3 is 2.31 bits per heavy atom. The largest absolute Gasteiger partial charge is 0.507 e. The number of carbonyl (C=O) groups is 4. The Morgan fingerprint density at radius 1 is 1.00 bits per heavy atom. The molecule has 7 aliphatic rings. The highest BCUT2D eigenvalue weighted by Gasteiger charge is 2.80. The van der Waals surface area contributed by atoms with Crippen molar-refractivity contribution in [3.05, 3.63) is 56.1 Å². The zero-order valence-electron chi connectivity index (χ0n) is 23.4. The maximum atomic E-state index is 14.6. The fraction of sp³-hybridized carbons (Fsp3) is 0.355. The van der Waals surface area contributed by atoms with E-state index < -0.39 is 132 Å². The molecule has 45 heavy (non-hydrogen) atoms. The first-order valence-electron chi connectivity index (χ1n) is 14.0. The predicted octanol–water partition coefficient (Wildman–Crippen LogP) is 2.29. The molecule has 14 heteroatoms. The molecule has 0 unspecified atom stereocenters. The van der Waals surface area contributed by atoms with Crippen LogP contribution < -0.4 is 4.74 Å². The van der Waals surface area contributed by atoms with Gasteiger partial charge < -0.3 is 44.8 Å². The molecular formula is C31H23ClO13. The Labute approximate surface area is 257 Å². The van der Waals surface area contributed by atoms with Crippen LogP contribution in [-0.4, -0.2) is 84.5 Å². The lowest BCUT2D eigenvalue weighted by Gasteiger charge is -2.44. The van der Waals surface area contributed by atoms with Crippen LogP contribution in [0.5, 0.6) is 23.0 Å². The number of ketones is 3. The molecule has 2 aromatic carbocycles. The molecular weight excluding hydrogens is 616 g/mol. The quantitative estimate of drug-likeness (QED) is 0.150. The van der Waals surface area contributed by atoms with E-state index in [4.69, 9.17) is 25.8 Å². The van der Waals surface area contributed by atoms with E-state index >= 15 is 0 Å². The summed E-state index contributed by atoms with van der Waals surface area (Å²) in [5.74, 6) is -9.26. The lowest BCUT2D eigenvalue weighted by Crippen LogP contribution is -2.61. The van der Waals surface area contributed by atoms with Gasteiger partial charge in [0.15, 0.2) is 17.3 Å². The molecule has 13 nitrogen and oxygen atoms in total. The van der Waals surface area contributed by atoms with Crippen molar-refractivity contribution in [2.75, 3.05) is 7.11 Å². The minimum atomic E-state index is -2.59. The number of aliphatic hydroxyl groups excluding tert-OH is 3. The number of ether oxygens (including phenoxy) is 3. The molecule has 2 aromatic rings. The van der Waals surface area contributed by atoms with Gasteiger partial charge in [-0.25, -0.2) is 4.79 Å². The summed E-state index contributed by atoms with van der Waals surface area (Å²) in [5, 5.41) is 66.5. The highest BCUT2D eigenvalue weighted by molar-refractivity contribution is 6.34. The number of halogens is 1. The molecule has 0 amide bonds. The van der Waals surface area contributed by atoms with Crippen molar-refractivity contribution in [3.8, 4) is 23.0 Å². The maximum absolute atomic E-state index is 14.6. The van der Waals surface area contributed by atoms with Crippen molar-refractivity contribution >= 4 is 46.4 Å². The highest BCUT2D eigenvalue weighted by atomic mass is 35.5. The Bertz CT molecular complexity index is 1980. The third kappa shape index (κ3) is 2.80. The van der Waals surface area contributed by atoms with Crippen LogP contribution in [0.25, 0.3) is 11.5 Å². The number of aromatic hydroxyl groups is 3. The van der Waals surface area contributed by atoms with Crippen molar-refractivity contribution in [2.45, 2.75) is 55.5 Å². The molecule has 6 N–H and O–H groups in total. The van der Waals surface area contributed by atoms with Crippen molar-refractivity contribution < 1.29 is 64.0 Å². The van der Waals surface area contributed by atoms with E-state index in [1.807, 2.05) is 0 Å². The number of esters is 1. The summed E-state index contributed by atoms with van der Waals surface area (Å²) in [5.41, 5.74) is -8.71. The van der Waals surface area contributed by atoms with E-state index in [2.05, 4.69) is 0 Å². The van der Waals surface area contributed by atoms with Crippen LogP contribution >= 0.6 is 11.6 Å². The molecule has 5 aliphatic carbocycles. The van der Waals surface area contributed by atoms with E-state index in [0.717, 1.165) is 19.2 Å². The Morgan fingerprint density at radius 2 is 1.64 bits per heavy atom. The van der Waals surface area contributed by atoms with Crippen LogP contribution in [-0.2, 0) is 30.3 Å². The van der Waals surface area contributed by atoms with Gasteiger partial charge in [0.05, 0.1) is 45.7 Å². The summed E-state index contributed by atoms with van der Waals surface area (Å²) in [6, 6.07) is 2.11. The molecule has 0 radical (unpaired) electrons. The van der Waals surface area contributed by atoms with Gasteiger partial charge in [-0.3, -0.25) is 14.4 Å². The number of fused-ring (bicyclic) bond motifs is 3. The third-order valence-corrected chi connectivity index (χ3v) is 10.7. The van der Waals surface area contributed by atoms with Gasteiger partial charge in [0, 0.05) is 12.0 Å². The number of hydrogen-bond donors (Lipinski definition) is 6. The van der Waals surface area contributed by atoms with Crippen LogP contribution in [0.3, 0.4) is 0 Å². The third-order valence-electron chi connectivity index (χ3n) is 10.3. The Hall–Kier alpha value is -4.59. The number of epoxide rings is 1. The molecule has 2 heterocycles. The predicted molar refractivity (Wildman–Crippen MR) is 149 cm³/mol. The van der Waals surface area contributed by atoms with E-state index in [0.29, 0.717) is 0 Å². The number of aliphatic hydroxyl groups is 3. The lowest BCUT2D eigenvalue weighted by molar-refractivity contribution is -0.169. The standard InChI is InChI=1S/C31H23ClO13/c1-29-18-13-8(7-30(27(29)45-29)19(24(18)40)21(37)14-9(33)3-4-10(34)15(14)26(30)41)20(32)23(39)16-22(38)17-11(35)5-6-12(36)31(17,28(42)43-2)44-25(13)16/h3-4,12,18,27,33-34,36-39H,5-7H2,1-2H3/t12-,18-,27+,29+,30+,31+/m1/s1. The summed E-state index contributed by atoms with van der Waals surface area (Å²) < 4.78 is 17.2. The number of benzene rings is 2. The molecule has 2 saturated carbocycles. The summed E-state index contributed by atoms with van der Waals surface area (Å²) in [7, 11) is 0.984. The molecule has 2 bridgehead atoms. The normalized spacial score (nSPS) is 33.7. The average molecular weight is 639 g/mol. The summed E-state index contributed by atoms with van der Waals surface area (Å²) >= 11 is 6.74. The second-order valence-corrected chi connectivity index (χ2v) is 12.7. The first-order chi connectivity index (χ1) is 21.2. The maximum Gasteiger partial charge on any atom is 0.358 e. The average Bonchev–Trinajstić information content (AvgIpc) is 3.73. The second-order valence-electron chi connectivity index (χ2n) is 12.3. The van der Waals surface area contributed by atoms with E-state index in [1.54, 1.807) is 0 Å². The Balaban J connectivity index is 1.49. The van der Waals surface area contributed by atoms with Crippen molar-refractivity contribution in [2.24, 2.45) is 5.41 Å². The number of phenolic OH excluding ortho intramolecular Hbond substituents is 3. The number of Topliss-reactive ketones (excluding diaryl/α,β-unsaturated/α-hetero) is 3. The molecule has 9 rings (SSSR count). The van der Waals surface area contributed by atoms with Crippen LogP contribution in [0.4, 0.5) is 0 Å². The topological polar surface area (TPSA) is 221 Å². The summed E-state index contributed by atoms with van der Waals surface area (Å²) in [6.45, 7) is 1.53. The zero-order chi connectivity index (χ0) is 32.3. The number of hydrogen-bond acceptors (Lipinski definition) is 13.